The molecule has 8 heteroatoms. The van der Waals surface area contributed by atoms with Gasteiger partial charge in [-0.25, -0.2) is 0 Å². The summed E-state index contributed by atoms with van der Waals surface area (Å²) >= 11 is 6.59. The lowest BCUT2D eigenvalue weighted by Crippen LogP contribution is -2.57. The fourth-order valence-electron chi connectivity index (χ4n) is 4.66. The molecule has 7 nitrogen and oxygen atoms in total. The Balaban J connectivity index is 1.83. The number of ether oxygens (including phenoxy) is 1. The molecule has 0 fully saturated rings. The Morgan fingerprint density at radius 1 is 1.09 bits per heavy atom. The van der Waals surface area contributed by atoms with Crippen molar-refractivity contribution in [3.8, 4) is 11.5 Å². The average Bonchev–Trinajstić information content (AvgIpc) is 2.87. The van der Waals surface area contributed by atoms with E-state index in [0.29, 0.717) is 17.2 Å². The van der Waals surface area contributed by atoms with Gasteiger partial charge in [0.05, 0.1) is 11.1 Å². The number of benzene rings is 2. The Hall–Kier alpha value is -3.71. The quantitative estimate of drug-likeness (QED) is 0.563. The zero-order valence-corrected chi connectivity index (χ0v) is 19.4. The van der Waals surface area contributed by atoms with Crippen molar-refractivity contribution in [2.24, 2.45) is 0 Å². The van der Waals surface area contributed by atoms with Gasteiger partial charge in [-0.3, -0.25) is 19.3 Å². The van der Waals surface area contributed by atoms with Crippen molar-refractivity contribution >= 4 is 17.5 Å². The van der Waals surface area contributed by atoms with Gasteiger partial charge in [0.15, 0.2) is 11.4 Å². The van der Waals surface area contributed by atoms with Crippen molar-refractivity contribution in [3.63, 3.8) is 0 Å². The first-order valence-corrected chi connectivity index (χ1v) is 11.5. The van der Waals surface area contributed by atoms with Gasteiger partial charge in [0.1, 0.15) is 25.1 Å². The van der Waals surface area contributed by atoms with Gasteiger partial charge in [0.25, 0.3) is 5.91 Å². The number of hydrogen-bond acceptors (Lipinski definition) is 5. The van der Waals surface area contributed by atoms with Gasteiger partial charge >= 0.3 is 0 Å². The minimum Gasteiger partial charge on any atom is -0.502 e. The van der Waals surface area contributed by atoms with Gasteiger partial charge in [-0.2, -0.15) is 0 Å². The van der Waals surface area contributed by atoms with E-state index in [4.69, 9.17) is 16.3 Å². The number of amides is 1. The highest BCUT2D eigenvalue weighted by atomic mass is 35.5. The van der Waals surface area contributed by atoms with Crippen molar-refractivity contribution in [3.05, 3.63) is 105 Å². The number of aromatic nitrogens is 1. The van der Waals surface area contributed by atoms with Crippen LogP contribution < -0.4 is 15.2 Å². The molecule has 5 rings (SSSR count). The number of hydrogen-bond donors (Lipinski definition) is 1. The molecule has 0 saturated carbocycles. The van der Waals surface area contributed by atoms with E-state index >= 15 is 0 Å². The average molecular weight is 478 g/mol. The summed E-state index contributed by atoms with van der Waals surface area (Å²) in [4.78, 5) is 27.6. The van der Waals surface area contributed by atoms with Crippen molar-refractivity contribution in [2.45, 2.75) is 25.4 Å². The van der Waals surface area contributed by atoms with Gasteiger partial charge in [-0.1, -0.05) is 67.1 Å². The molecule has 1 aromatic heterocycles. The molecule has 34 heavy (non-hydrogen) atoms. The number of rotatable bonds is 2. The summed E-state index contributed by atoms with van der Waals surface area (Å²) in [6.45, 7) is 2.50. The SMILES string of the molecule is CC[C@@H]1/C=C/COc2c(Cl)cccc2[C@@H](c2ccccc2)N2CN1C(=O)c1c(O)c(=O)ccn12. The summed E-state index contributed by atoms with van der Waals surface area (Å²) in [6.07, 6.45) is 5.97. The lowest BCUT2D eigenvalue weighted by molar-refractivity contribution is 0.0626. The Bertz CT molecular complexity index is 1320. The third-order valence-corrected chi connectivity index (χ3v) is 6.60. The number of carbonyl (C=O) groups is 1. The number of carbonyl (C=O) groups excluding carboxylic acids is 1. The number of halogens is 1. The third kappa shape index (κ3) is 3.62. The minimum atomic E-state index is -0.600. The summed E-state index contributed by atoms with van der Waals surface area (Å²) in [7, 11) is 0. The second kappa shape index (κ2) is 8.91. The van der Waals surface area contributed by atoms with Crippen LogP contribution in [0, 0.1) is 0 Å². The predicted octanol–water partition coefficient (Wildman–Crippen LogP) is 4.08. The largest absolute Gasteiger partial charge is 0.502 e. The maximum absolute atomic E-state index is 13.6. The first-order chi connectivity index (χ1) is 16.5. The molecular weight excluding hydrogens is 454 g/mol. The summed E-state index contributed by atoms with van der Waals surface area (Å²) in [5, 5.41) is 13.1. The van der Waals surface area contributed by atoms with Crippen LogP contribution in [0.4, 0.5) is 0 Å². The molecule has 0 saturated heterocycles. The summed E-state index contributed by atoms with van der Waals surface area (Å²) in [5.74, 6) is -0.417. The number of para-hydroxylation sites is 1. The molecule has 0 spiro atoms. The molecule has 2 atom stereocenters. The van der Waals surface area contributed by atoms with Gasteiger partial charge in [-0.05, 0) is 24.1 Å². The topological polar surface area (TPSA) is 75.0 Å². The van der Waals surface area contributed by atoms with Crippen molar-refractivity contribution < 1.29 is 14.6 Å². The number of aromatic hydroxyl groups is 1. The van der Waals surface area contributed by atoms with Gasteiger partial charge in [0, 0.05) is 17.8 Å². The second-order valence-corrected chi connectivity index (χ2v) is 8.67. The van der Waals surface area contributed by atoms with E-state index in [1.165, 1.54) is 12.3 Å². The Morgan fingerprint density at radius 3 is 2.65 bits per heavy atom. The van der Waals surface area contributed by atoms with Crippen molar-refractivity contribution in [1.29, 1.82) is 0 Å². The maximum Gasteiger partial charge on any atom is 0.278 e. The Morgan fingerprint density at radius 2 is 1.88 bits per heavy atom. The van der Waals surface area contributed by atoms with E-state index < -0.39 is 23.1 Å². The molecule has 2 bridgehead atoms. The van der Waals surface area contributed by atoms with Crippen LogP contribution in [0.3, 0.4) is 0 Å². The van der Waals surface area contributed by atoms with Crippen LogP contribution in [0.1, 0.15) is 41.0 Å². The molecule has 1 N–H and O–H groups in total. The zero-order valence-electron chi connectivity index (χ0n) is 18.6. The molecule has 3 heterocycles. The Kier molecular flexibility index (Phi) is 5.79. The highest BCUT2D eigenvalue weighted by Gasteiger charge is 2.39. The maximum atomic E-state index is 13.6. The van der Waals surface area contributed by atoms with E-state index in [9.17, 15) is 14.7 Å². The normalized spacial score (nSPS) is 20.6. The first kappa shape index (κ1) is 22.1. The summed E-state index contributed by atoms with van der Waals surface area (Å²) in [5.41, 5.74) is 1.08. The van der Waals surface area contributed by atoms with Gasteiger partial charge in [0.2, 0.25) is 5.43 Å². The molecule has 1 amide bonds. The van der Waals surface area contributed by atoms with Crippen LogP contribution in [0.15, 0.2) is 77.7 Å². The highest BCUT2D eigenvalue weighted by Crippen LogP contribution is 2.40. The fraction of sp³-hybridized carbons (Fsp3) is 0.231. The number of pyridine rings is 1. The lowest BCUT2D eigenvalue weighted by atomic mass is 9.96. The zero-order chi connectivity index (χ0) is 23.8. The molecule has 0 radical (unpaired) electrons. The van der Waals surface area contributed by atoms with E-state index in [2.05, 4.69) is 0 Å². The summed E-state index contributed by atoms with van der Waals surface area (Å²) in [6, 6.07) is 16.0. The predicted molar refractivity (Wildman–Crippen MR) is 130 cm³/mol. The number of fused-ring (bicyclic) bond motifs is 5. The van der Waals surface area contributed by atoms with Crippen LogP contribution in [0.5, 0.6) is 11.5 Å². The lowest BCUT2D eigenvalue weighted by Gasteiger charge is -2.45. The van der Waals surface area contributed by atoms with E-state index in [1.807, 2.05) is 66.5 Å². The number of nitrogens with zero attached hydrogens (tertiary/aromatic N) is 3. The van der Waals surface area contributed by atoms with Crippen molar-refractivity contribution in [2.75, 3.05) is 18.3 Å². The van der Waals surface area contributed by atoms with Gasteiger partial charge in [-0.15, -0.1) is 0 Å². The van der Waals surface area contributed by atoms with Gasteiger partial charge < -0.3 is 14.7 Å². The van der Waals surface area contributed by atoms with Crippen LogP contribution in [0.2, 0.25) is 5.02 Å². The smallest absolute Gasteiger partial charge is 0.278 e. The first-order valence-electron chi connectivity index (χ1n) is 11.2. The molecule has 2 aromatic carbocycles. The monoisotopic (exact) mass is 477 g/mol. The molecule has 174 valence electrons. The second-order valence-electron chi connectivity index (χ2n) is 8.26. The Labute approximate surface area is 202 Å². The molecule has 2 aliphatic heterocycles. The molecule has 0 unspecified atom stereocenters. The van der Waals surface area contributed by atoms with E-state index in [0.717, 1.165) is 11.1 Å². The highest BCUT2D eigenvalue weighted by molar-refractivity contribution is 6.32. The van der Waals surface area contributed by atoms with Crippen LogP contribution in [-0.4, -0.2) is 39.9 Å². The van der Waals surface area contributed by atoms with E-state index in [1.54, 1.807) is 15.6 Å². The third-order valence-electron chi connectivity index (χ3n) is 6.30. The fourth-order valence-corrected chi connectivity index (χ4v) is 4.90. The van der Waals surface area contributed by atoms with E-state index in [-0.39, 0.29) is 25.0 Å². The summed E-state index contributed by atoms with van der Waals surface area (Å²) < 4.78 is 7.72. The van der Waals surface area contributed by atoms with Crippen LogP contribution >= 0.6 is 11.6 Å². The minimum absolute atomic E-state index is 0.0599. The van der Waals surface area contributed by atoms with Crippen molar-refractivity contribution in [1.82, 2.24) is 9.58 Å². The standard InChI is InChI=1S/C26H24ClN3O4/c1-2-18-10-7-15-34-25-19(11-6-12-20(25)27)22(17-8-4-3-5-9-17)30-16-28(18)26(33)23-24(32)21(31)13-14-29(23)30/h3-14,18,22,32H,2,15-16H2,1H3/b10-7+/t18-,22-/m1/s1. The molecular formula is C26H24ClN3O4. The molecule has 3 aromatic rings. The van der Waals surface area contributed by atoms with Crippen LogP contribution in [0.25, 0.3) is 0 Å². The van der Waals surface area contributed by atoms with Crippen LogP contribution in [-0.2, 0) is 0 Å². The molecule has 2 aliphatic rings. The molecule has 0 aliphatic carbocycles.